The molecule has 0 aliphatic carbocycles. The minimum atomic E-state index is -0.180. The van der Waals surface area contributed by atoms with Crippen LogP contribution in [-0.2, 0) is 6.42 Å². The number of anilines is 2. The van der Waals surface area contributed by atoms with Crippen LogP contribution >= 0.6 is 11.6 Å². The van der Waals surface area contributed by atoms with E-state index in [1.165, 1.54) is 6.20 Å². The van der Waals surface area contributed by atoms with E-state index in [9.17, 15) is 4.79 Å². The molecule has 0 spiro atoms. The number of hydrogen-bond acceptors (Lipinski definition) is 4. The Kier molecular flexibility index (Phi) is 6.03. The highest BCUT2D eigenvalue weighted by atomic mass is 35.5. The number of amides is 1. The van der Waals surface area contributed by atoms with Crippen LogP contribution in [0.2, 0.25) is 5.02 Å². The van der Waals surface area contributed by atoms with Gasteiger partial charge in [0.2, 0.25) is 0 Å². The van der Waals surface area contributed by atoms with Crippen LogP contribution in [0.1, 0.15) is 21.5 Å². The van der Waals surface area contributed by atoms with Crippen molar-refractivity contribution in [2.24, 2.45) is 0 Å². The van der Waals surface area contributed by atoms with Crippen molar-refractivity contribution < 1.29 is 4.79 Å². The number of nitriles is 1. The van der Waals surface area contributed by atoms with E-state index in [1.807, 2.05) is 30.3 Å². The summed E-state index contributed by atoms with van der Waals surface area (Å²) in [6.07, 6.45) is 2.23. The van der Waals surface area contributed by atoms with Crippen molar-refractivity contribution in [2.45, 2.75) is 6.42 Å². The maximum Gasteiger partial charge on any atom is 0.252 e. The first-order valence-electron chi connectivity index (χ1n) is 8.40. The minimum absolute atomic E-state index is 0.180. The third-order valence-electron chi connectivity index (χ3n) is 3.95. The molecule has 0 aliphatic heterocycles. The van der Waals surface area contributed by atoms with E-state index in [1.54, 1.807) is 30.3 Å². The predicted octanol–water partition coefficient (Wildman–Crippen LogP) is 4.32. The van der Waals surface area contributed by atoms with E-state index in [4.69, 9.17) is 16.9 Å². The fourth-order valence-electron chi connectivity index (χ4n) is 2.50. The molecule has 0 radical (unpaired) electrons. The van der Waals surface area contributed by atoms with Crippen molar-refractivity contribution in [2.75, 3.05) is 11.9 Å². The highest BCUT2D eigenvalue weighted by Gasteiger charge is 2.07. The van der Waals surface area contributed by atoms with Gasteiger partial charge < -0.3 is 10.6 Å². The molecule has 0 saturated carbocycles. The Morgan fingerprint density at radius 1 is 1.07 bits per heavy atom. The number of nitrogens with zero attached hydrogens (tertiary/aromatic N) is 2. The van der Waals surface area contributed by atoms with Gasteiger partial charge in [-0.05, 0) is 48.4 Å². The zero-order chi connectivity index (χ0) is 19.1. The summed E-state index contributed by atoms with van der Waals surface area (Å²) >= 11 is 5.86. The second kappa shape index (κ2) is 8.84. The average molecular weight is 377 g/mol. The number of nitrogens with one attached hydrogen (secondary N) is 2. The fourth-order valence-corrected chi connectivity index (χ4v) is 2.63. The summed E-state index contributed by atoms with van der Waals surface area (Å²) in [5, 5.41) is 15.8. The summed E-state index contributed by atoms with van der Waals surface area (Å²) in [6, 6.07) is 20.2. The molecular formula is C21H17ClN4O. The predicted molar refractivity (Wildman–Crippen MR) is 106 cm³/mol. The highest BCUT2D eigenvalue weighted by molar-refractivity contribution is 6.30. The van der Waals surface area contributed by atoms with Crippen LogP contribution in [-0.4, -0.2) is 17.4 Å². The first-order chi connectivity index (χ1) is 13.2. The standard InChI is InChI=1S/C21H17ClN4O/c22-18-8-5-15(6-9-18)11-12-24-21(27)17-7-10-20(25-14-17)26-19-4-2-1-3-16(19)13-23/h1-10,14H,11-12H2,(H,24,27)(H,25,26). The molecule has 2 aromatic carbocycles. The summed E-state index contributed by atoms with van der Waals surface area (Å²) in [5.74, 6) is 0.385. The Hall–Kier alpha value is -3.36. The molecule has 3 rings (SSSR count). The van der Waals surface area contributed by atoms with Crippen molar-refractivity contribution >= 4 is 29.0 Å². The Morgan fingerprint density at radius 3 is 2.56 bits per heavy atom. The molecule has 0 fully saturated rings. The second-order valence-electron chi connectivity index (χ2n) is 5.85. The average Bonchev–Trinajstić information content (AvgIpc) is 2.70. The minimum Gasteiger partial charge on any atom is -0.352 e. The van der Waals surface area contributed by atoms with Gasteiger partial charge in [0.1, 0.15) is 11.9 Å². The number of carbonyl (C=O) groups excluding carboxylic acids is 1. The monoisotopic (exact) mass is 376 g/mol. The SMILES string of the molecule is N#Cc1ccccc1Nc1ccc(C(=O)NCCc2ccc(Cl)cc2)cn1. The third-order valence-corrected chi connectivity index (χ3v) is 4.20. The van der Waals surface area contributed by atoms with Crippen molar-refractivity contribution in [1.29, 1.82) is 5.26 Å². The van der Waals surface area contributed by atoms with Crippen LogP contribution in [0, 0.1) is 11.3 Å². The van der Waals surface area contributed by atoms with E-state index in [0.717, 1.165) is 12.0 Å². The molecular weight excluding hydrogens is 360 g/mol. The molecule has 1 heterocycles. The quantitative estimate of drug-likeness (QED) is 0.671. The second-order valence-corrected chi connectivity index (χ2v) is 6.28. The van der Waals surface area contributed by atoms with Gasteiger partial charge in [-0.3, -0.25) is 4.79 Å². The number of para-hydroxylation sites is 1. The molecule has 134 valence electrons. The van der Waals surface area contributed by atoms with Gasteiger partial charge >= 0.3 is 0 Å². The molecule has 2 N–H and O–H groups in total. The molecule has 0 bridgehead atoms. The Balaban J connectivity index is 1.55. The smallest absolute Gasteiger partial charge is 0.252 e. The maximum atomic E-state index is 12.2. The van der Waals surface area contributed by atoms with E-state index in [2.05, 4.69) is 21.7 Å². The number of benzene rings is 2. The molecule has 6 heteroatoms. The number of aromatic nitrogens is 1. The van der Waals surface area contributed by atoms with E-state index in [-0.39, 0.29) is 5.91 Å². The van der Waals surface area contributed by atoms with Crippen LogP contribution in [0.3, 0.4) is 0 Å². The molecule has 3 aromatic rings. The number of hydrogen-bond donors (Lipinski definition) is 2. The van der Waals surface area contributed by atoms with Gasteiger partial charge in [-0.2, -0.15) is 5.26 Å². The fraction of sp³-hybridized carbons (Fsp3) is 0.0952. The zero-order valence-corrected chi connectivity index (χ0v) is 15.2. The normalized spacial score (nSPS) is 10.1. The lowest BCUT2D eigenvalue weighted by molar-refractivity contribution is 0.0954. The number of carbonyl (C=O) groups is 1. The van der Waals surface area contributed by atoms with Gasteiger partial charge in [0.25, 0.3) is 5.91 Å². The van der Waals surface area contributed by atoms with Crippen LogP contribution < -0.4 is 10.6 Å². The van der Waals surface area contributed by atoms with Gasteiger partial charge in [-0.1, -0.05) is 35.9 Å². The number of halogens is 1. The van der Waals surface area contributed by atoms with E-state index < -0.39 is 0 Å². The lowest BCUT2D eigenvalue weighted by atomic mass is 10.1. The maximum absolute atomic E-state index is 12.2. The molecule has 0 saturated heterocycles. The molecule has 27 heavy (non-hydrogen) atoms. The first kappa shape index (κ1) is 18.4. The van der Waals surface area contributed by atoms with Crippen LogP contribution in [0.25, 0.3) is 0 Å². The molecule has 0 atom stereocenters. The molecule has 1 amide bonds. The third kappa shape index (κ3) is 5.06. The summed E-state index contributed by atoms with van der Waals surface area (Å²) in [5.41, 5.74) is 2.79. The molecule has 1 aromatic heterocycles. The van der Waals surface area contributed by atoms with Crippen LogP contribution in [0.4, 0.5) is 11.5 Å². The molecule has 0 aliphatic rings. The van der Waals surface area contributed by atoms with Crippen molar-refractivity contribution in [3.05, 3.63) is 88.6 Å². The van der Waals surface area contributed by atoms with Crippen molar-refractivity contribution in [1.82, 2.24) is 10.3 Å². The highest BCUT2D eigenvalue weighted by Crippen LogP contribution is 2.18. The summed E-state index contributed by atoms with van der Waals surface area (Å²) in [6.45, 7) is 0.524. The summed E-state index contributed by atoms with van der Waals surface area (Å²) in [7, 11) is 0. The Bertz CT molecular complexity index is 963. The van der Waals surface area contributed by atoms with Crippen molar-refractivity contribution in [3.8, 4) is 6.07 Å². The topological polar surface area (TPSA) is 77.8 Å². The van der Waals surface area contributed by atoms with Gasteiger partial charge in [0.15, 0.2) is 0 Å². The lowest BCUT2D eigenvalue weighted by Gasteiger charge is -2.08. The zero-order valence-electron chi connectivity index (χ0n) is 14.4. The van der Waals surface area contributed by atoms with Crippen LogP contribution in [0.5, 0.6) is 0 Å². The lowest BCUT2D eigenvalue weighted by Crippen LogP contribution is -2.25. The van der Waals surface area contributed by atoms with Crippen LogP contribution in [0.15, 0.2) is 66.9 Å². The van der Waals surface area contributed by atoms with Crippen molar-refractivity contribution in [3.63, 3.8) is 0 Å². The summed E-state index contributed by atoms with van der Waals surface area (Å²) in [4.78, 5) is 16.5. The number of rotatable bonds is 6. The van der Waals surface area contributed by atoms with Gasteiger partial charge in [-0.15, -0.1) is 0 Å². The molecule has 5 nitrogen and oxygen atoms in total. The largest absolute Gasteiger partial charge is 0.352 e. The Morgan fingerprint density at radius 2 is 1.85 bits per heavy atom. The first-order valence-corrected chi connectivity index (χ1v) is 8.78. The van der Waals surface area contributed by atoms with E-state index >= 15 is 0 Å². The summed E-state index contributed by atoms with van der Waals surface area (Å²) < 4.78 is 0. The van der Waals surface area contributed by atoms with Gasteiger partial charge in [0, 0.05) is 17.8 Å². The number of pyridine rings is 1. The van der Waals surface area contributed by atoms with Gasteiger partial charge in [-0.25, -0.2) is 4.98 Å². The Labute approximate surface area is 162 Å². The van der Waals surface area contributed by atoms with Gasteiger partial charge in [0.05, 0.1) is 16.8 Å². The molecule has 0 unspecified atom stereocenters. The van der Waals surface area contributed by atoms with E-state index in [0.29, 0.717) is 34.2 Å².